The predicted molar refractivity (Wildman–Crippen MR) is 45.3 cm³/mol. The SMILES string of the molecule is CC1=C(C)C(C)C(=O)N(C)C1=O. The van der Waals surface area contributed by atoms with Gasteiger partial charge in [-0.15, -0.1) is 0 Å². The van der Waals surface area contributed by atoms with Crippen molar-refractivity contribution in [2.45, 2.75) is 20.8 Å². The van der Waals surface area contributed by atoms with Gasteiger partial charge in [0.1, 0.15) is 0 Å². The summed E-state index contributed by atoms with van der Waals surface area (Å²) >= 11 is 0. The molecule has 1 atom stereocenters. The summed E-state index contributed by atoms with van der Waals surface area (Å²) in [6.45, 7) is 5.42. The van der Waals surface area contributed by atoms with Crippen molar-refractivity contribution in [3.05, 3.63) is 11.1 Å². The van der Waals surface area contributed by atoms with Gasteiger partial charge in [0.05, 0.1) is 5.92 Å². The standard InChI is InChI=1S/C9H13NO2/c1-5-6(2)8(11)10(4)9(12)7(5)3/h6H,1-4H3. The van der Waals surface area contributed by atoms with Crippen molar-refractivity contribution >= 4 is 11.8 Å². The van der Waals surface area contributed by atoms with E-state index in [4.69, 9.17) is 0 Å². The Kier molecular flexibility index (Phi) is 2.04. The number of hydrogen-bond acceptors (Lipinski definition) is 2. The summed E-state index contributed by atoms with van der Waals surface area (Å²) in [5.74, 6) is -0.425. The molecule has 3 nitrogen and oxygen atoms in total. The summed E-state index contributed by atoms with van der Waals surface area (Å²) < 4.78 is 0. The fourth-order valence-corrected chi connectivity index (χ4v) is 1.32. The van der Waals surface area contributed by atoms with Crippen molar-refractivity contribution in [2.75, 3.05) is 7.05 Å². The number of hydrogen-bond donors (Lipinski definition) is 0. The molecule has 0 saturated carbocycles. The Hall–Kier alpha value is -1.12. The van der Waals surface area contributed by atoms with Gasteiger partial charge in [-0.1, -0.05) is 5.57 Å². The minimum absolute atomic E-state index is 0.108. The molecule has 0 aromatic heterocycles. The normalized spacial score (nSPS) is 25.3. The highest BCUT2D eigenvalue weighted by atomic mass is 16.2. The number of carbonyl (C=O) groups is 2. The van der Waals surface area contributed by atoms with E-state index in [1.165, 1.54) is 11.9 Å². The van der Waals surface area contributed by atoms with E-state index >= 15 is 0 Å². The molecule has 0 N–H and O–H groups in total. The third kappa shape index (κ3) is 1.05. The summed E-state index contributed by atoms with van der Waals surface area (Å²) in [4.78, 5) is 23.9. The van der Waals surface area contributed by atoms with Crippen LogP contribution in [0.25, 0.3) is 0 Å². The predicted octanol–water partition coefficient (Wildman–Crippen LogP) is 0.958. The topological polar surface area (TPSA) is 37.4 Å². The van der Waals surface area contributed by atoms with E-state index in [9.17, 15) is 9.59 Å². The number of nitrogens with zero attached hydrogens (tertiary/aromatic N) is 1. The molecule has 1 rings (SSSR count). The van der Waals surface area contributed by atoms with Crippen LogP contribution < -0.4 is 0 Å². The Balaban J connectivity index is 3.17. The first-order chi connectivity index (χ1) is 5.46. The zero-order chi connectivity index (χ0) is 9.46. The van der Waals surface area contributed by atoms with E-state index < -0.39 is 0 Å². The highest BCUT2D eigenvalue weighted by Crippen LogP contribution is 2.23. The first-order valence-corrected chi connectivity index (χ1v) is 3.96. The quantitative estimate of drug-likeness (QED) is 0.504. The van der Waals surface area contributed by atoms with Crippen LogP contribution in [0.1, 0.15) is 20.8 Å². The molecular weight excluding hydrogens is 154 g/mol. The van der Waals surface area contributed by atoms with Gasteiger partial charge < -0.3 is 0 Å². The van der Waals surface area contributed by atoms with Gasteiger partial charge in [-0.05, 0) is 20.8 Å². The van der Waals surface area contributed by atoms with Crippen LogP contribution in [0, 0.1) is 5.92 Å². The van der Waals surface area contributed by atoms with Gasteiger partial charge >= 0.3 is 0 Å². The second-order valence-corrected chi connectivity index (χ2v) is 3.23. The van der Waals surface area contributed by atoms with Crippen molar-refractivity contribution in [1.82, 2.24) is 4.90 Å². The lowest BCUT2D eigenvalue weighted by Crippen LogP contribution is -2.42. The van der Waals surface area contributed by atoms with Crippen LogP contribution in [0.5, 0.6) is 0 Å². The molecule has 0 aromatic rings. The van der Waals surface area contributed by atoms with Gasteiger partial charge in [0, 0.05) is 12.6 Å². The molecular formula is C9H13NO2. The first-order valence-electron chi connectivity index (χ1n) is 3.96. The van der Waals surface area contributed by atoms with Crippen LogP contribution in [0.4, 0.5) is 0 Å². The van der Waals surface area contributed by atoms with E-state index in [1.54, 1.807) is 6.92 Å². The fraction of sp³-hybridized carbons (Fsp3) is 0.556. The Bertz CT molecular complexity index is 278. The average molecular weight is 167 g/mol. The lowest BCUT2D eigenvalue weighted by molar-refractivity contribution is -0.143. The molecule has 0 spiro atoms. The number of imide groups is 1. The zero-order valence-corrected chi connectivity index (χ0v) is 7.84. The third-order valence-corrected chi connectivity index (χ3v) is 2.57. The van der Waals surface area contributed by atoms with Crippen molar-refractivity contribution < 1.29 is 9.59 Å². The van der Waals surface area contributed by atoms with Gasteiger partial charge in [-0.25, -0.2) is 0 Å². The molecule has 0 aromatic carbocycles. The molecule has 1 aliphatic heterocycles. The largest absolute Gasteiger partial charge is 0.281 e. The highest BCUT2D eigenvalue weighted by Gasteiger charge is 2.31. The molecule has 12 heavy (non-hydrogen) atoms. The zero-order valence-electron chi connectivity index (χ0n) is 7.84. The molecule has 1 heterocycles. The summed E-state index contributed by atoms with van der Waals surface area (Å²) in [5.41, 5.74) is 1.59. The van der Waals surface area contributed by atoms with Gasteiger partial charge in [-0.2, -0.15) is 0 Å². The minimum Gasteiger partial charge on any atom is -0.281 e. The van der Waals surface area contributed by atoms with Crippen molar-refractivity contribution in [3.8, 4) is 0 Å². The highest BCUT2D eigenvalue weighted by molar-refractivity contribution is 6.08. The maximum atomic E-state index is 11.4. The Morgan fingerprint density at radius 3 is 2.25 bits per heavy atom. The van der Waals surface area contributed by atoms with E-state index in [1.807, 2.05) is 13.8 Å². The molecule has 0 aliphatic carbocycles. The number of carbonyl (C=O) groups excluding carboxylic acids is 2. The number of rotatable bonds is 0. The Morgan fingerprint density at radius 1 is 1.25 bits per heavy atom. The van der Waals surface area contributed by atoms with Crippen LogP contribution in [0.2, 0.25) is 0 Å². The molecule has 2 amide bonds. The molecule has 3 heteroatoms. The number of likely N-dealkylation sites (N-methyl/N-ethyl adjacent to an activating group) is 1. The van der Waals surface area contributed by atoms with Crippen LogP contribution >= 0.6 is 0 Å². The maximum absolute atomic E-state index is 11.4. The van der Waals surface area contributed by atoms with E-state index in [2.05, 4.69) is 0 Å². The van der Waals surface area contributed by atoms with Crippen LogP contribution in [-0.2, 0) is 9.59 Å². The number of amides is 2. The van der Waals surface area contributed by atoms with Crippen molar-refractivity contribution in [1.29, 1.82) is 0 Å². The molecule has 1 aliphatic rings. The average Bonchev–Trinajstić information content (AvgIpc) is 2.08. The van der Waals surface area contributed by atoms with Gasteiger partial charge in [-0.3, -0.25) is 14.5 Å². The van der Waals surface area contributed by atoms with E-state index in [0.717, 1.165) is 5.57 Å². The molecule has 0 fully saturated rings. The van der Waals surface area contributed by atoms with Crippen LogP contribution in [-0.4, -0.2) is 23.8 Å². The Labute approximate surface area is 72.0 Å². The van der Waals surface area contributed by atoms with Crippen molar-refractivity contribution in [3.63, 3.8) is 0 Å². The summed E-state index contributed by atoms with van der Waals surface area (Å²) in [6, 6.07) is 0. The lowest BCUT2D eigenvalue weighted by atomic mass is 9.92. The minimum atomic E-state index is -0.171. The van der Waals surface area contributed by atoms with Crippen LogP contribution in [0.3, 0.4) is 0 Å². The summed E-state index contributed by atoms with van der Waals surface area (Å²) in [7, 11) is 1.52. The lowest BCUT2D eigenvalue weighted by Gasteiger charge is -2.27. The van der Waals surface area contributed by atoms with Crippen LogP contribution in [0.15, 0.2) is 11.1 Å². The van der Waals surface area contributed by atoms with E-state index in [0.29, 0.717) is 5.57 Å². The van der Waals surface area contributed by atoms with Gasteiger partial charge in [0.15, 0.2) is 0 Å². The second-order valence-electron chi connectivity index (χ2n) is 3.23. The smallest absolute Gasteiger partial charge is 0.255 e. The third-order valence-electron chi connectivity index (χ3n) is 2.57. The maximum Gasteiger partial charge on any atom is 0.255 e. The molecule has 1 unspecified atom stereocenters. The Morgan fingerprint density at radius 2 is 1.75 bits per heavy atom. The molecule has 0 bridgehead atoms. The summed E-state index contributed by atoms with van der Waals surface area (Å²) in [5, 5.41) is 0. The van der Waals surface area contributed by atoms with Gasteiger partial charge in [0.25, 0.3) is 5.91 Å². The van der Waals surface area contributed by atoms with Gasteiger partial charge in [0.2, 0.25) is 5.91 Å². The second kappa shape index (κ2) is 2.73. The molecule has 66 valence electrons. The molecule has 0 radical (unpaired) electrons. The van der Waals surface area contributed by atoms with E-state index in [-0.39, 0.29) is 17.7 Å². The monoisotopic (exact) mass is 167 g/mol. The first kappa shape index (κ1) is 8.97. The molecule has 0 saturated heterocycles. The fourth-order valence-electron chi connectivity index (χ4n) is 1.32. The van der Waals surface area contributed by atoms with Crippen molar-refractivity contribution in [2.24, 2.45) is 5.92 Å². The summed E-state index contributed by atoms with van der Waals surface area (Å²) in [6.07, 6.45) is 0.